The Morgan fingerprint density at radius 3 is 2.58 bits per heavy atom. The van der Waals surface area contributed by atoms with Gasteiger partial charge in [-0.15, -0.1) is 11.8 Å². The van der Waals surface area contributed by atoms with Crippen LogP contribution in [0.15, 0.2) is 28.0 Å². The van der Waals surface area contributed by atoms with Crippen molar-refractivity contribution in [3.8, 4) is 11.1 Å². The first kappa shape index (κ1) is 22.9. The number of benzene rings is 1. The molecule has 2 aromatic rings. The summed E-state index contributed by atoms with van der Waals surface area (Å²) in [6.45, 7) is 2.06. The highest BCUT2D eigenvalue weighted by atomic mass is 32.2. The Morgan fingerprint density at radius 2 is 1.97 bits per heavy atom. The summed E-state index contributed by atoms with van der Waals surface area (Å²) in [6, 6.07) is 1.86. The number of halogens is 2. The van der Waals surface area contributed by atoms with E-state index in [0.29, 0.717) is 6.42 Å². The number of carboxylic acids is 1. The minimum atomic E-state index is -1.29. The molecule has 1 aromatic heterocycles. The number of fused-ring (bicyclic) bond motifs is 1. The van der Waals surface area contributed by atoms with E-state index < -0.39 is 39.8 Å². The molecule has 1 aliphatic rings. The molecule has 0 bridgehead atoms. The molecule has 0 amide bonds. The number of pyridine rings is 1. The molecular formula is C21H22F2N2O5S. The zero-order valence-electron chi connectivity index (χ0n) is 16.9. The van der Waals surface area contributed by atoms with Crippen molar-refractivity contribution in [2.45, 2.75) is 56.5 Å². The molecule has 3 rings (SSSR count). The molecule has 31 heavy (non-hydrogen) atoms. The van der Waals surface area contributed by atoms with Crippen LogP contribution in [0, 0.1) is 21.7 Å². The van der Waals surface area contributed by atoms with Crippen molar-refractivity contribution in [1.29, 1.82) is 0 Å². The number of thioether (sulfide) groups is 1. The first-order valence-corrected chi connectivity index (χ1v) is 11.0. The average molecular weight is 452 g/mol. The van der Waals surface area contributed by atoms with Crippen molar-refractivity contribution in [1.82, 2.24) is 4.57 Å². The van der Waals surface area contributed by atoms with Crippen LogP contribution < -0.4 is 5.56 Å². The van der Waals surface area contributed by atoms with Gasteiger partial charge >= 0.3 is 17.2 Å². The predicted octanol–water partition coefficient (Wildman–Crippen LogP) is 4.95. The number of carboxylic acid groups (broad SMARTS) is 1. The third kappa shape index (κ3) is 4.48. The van der Waals surface area contributed by atoms with Crippen LogP contribution in [0.25, 0.3) is 11.1 Å². The number of hydrogen-bond acceptors (Lipinski definition) is 5. The minimum Gasteiger partial charge on any atom is -0.480 e. The first-order chi connectivity index (χ1) is 14.8. The molecule has 0 aliphatic carbocycles. The number of aliphatic carboxylic acids is 1. The Balaban J connectivity index is 2.25. The molecule has 166 valence electrons. The first-order valence-electron chi connectivity index (χ1n) is 10.0. The lowest BCUT2D eigenvalue weighted by molar-refractivity contribution is -0.387. The van der Waals surface area contributed by atoms with Gasteiger partial charge in [0.2, 0.25) is 0 Å². The van der Waals surface area contributed by atoms with Gasteiger partial charge in [0.25, 0.3) is 0 Å². The molecule has 0 radical (unpaired) electrons. The van der Waals surface area contributed by atoms with E-state index in [2.05, 4.69) is 6.92 Å². The Bertz CT molecular complexity index is 1090. The molecule has 1 N–H and O–H groups in total. The number of carbonyl (C=O) groups is 1. The average Bonchev–Trinajstić information content (AvgIpc) is 3.15. The zero-order valence-corrected chi connectivity index (χ0v) is 17.7. The second-order valence-electron chi connectivity index (χ2n) is 7.40. The number of nitrogens with zero attached hydrogens (tertiary/aromatic N) is 2. The smallest absolute Gasteiger partial charge is 0.337 e. The zero-order chi connectivity index (χ0) is 22.7. The maximum absolute atomic E-state index is 14.0. The van der Waals surface area contributed by atoms with E-state index in [0.717, 1.165) is 54.1 Å². The second-order valence-corrected chi connectivity index (χ2v) is 8.41. The fourth-order valence-electron chi connectivity index (χ4n) is 3.83. The SMILES string of the molecule is CCCCCCCc1c(-c2ccc(F)c(F)c2)c2n(c(=O)c1[N+](=O)[O-])C(C(=O)O)CS2. The van der Waals surface area contributed by atoms with Crippen LogP contribution >= 0.6 is 11.8 Å². The lowest BCUT2D eigenvalue weighted by Crippen LogP contribution is -2.31. The molecule has 1 unspecified atom stereocenters. The van der Waals surface area contributed by atoms with Gasteiger partial charge in [-0.1, -0.05) is 38.7 Å². The van der Waals surface area contributed by atoms with E-state index in [4.69, 9.17) is 0 Å². The van der Waals surface area contributed by atoms with Crippen molar-refractivity contribution < 1.29 is 23.6 Å². The third-order valence-corrected chi connectivity index (χ3v) is 6.49. The molecule has 2 heterocycles. The van der Waals surface area contributed by atoms with Gasteiger partial charge in [0.05, 0.1) is 9.95 Å². The van der Waals surface area contributed by atoms with Crippen LogP contribution in [-0.2, 0) is 11.2 Å². The van der Waals surface area contributed by atoms with Gasteiger partial charge in [-0.05, 0) is 30.5 Å². The van der Waals surface area contributed by atoms with Crippen molar-refractivity contribution in [3.05, 3.63) is 55.9 Å². The molecule has 0 fully saturated rings. The van der Waals surface area contributed by atoms with Gasteiger partial charge in [-0.2, -0.15) is 0 Å². The normalized spacial score (nSPS) is 15.1. The lowest BCUT2D eigenvalue weighted by atomic mass is 9.95. The molecule has 1 atom stereocenters. The van der Waals surface area contributed by atoms with Gasteiger partial charge in [0.15, 0.2) is 11.6 Å². The number of hydrogen-bond donors (Lipinski definition) is 1. The van der Waals surface area contributed by atoms with Crippen LogP contribution in [0.1, 0.15) is 50.6 Å². The van der Waals surface area contributed by atoms with Crippen molar-refractivity contribution in [2.24, 2.45) is 0 Å². The largest absolute Gasteiger partial charge is 0.480 e. The van der Waals surface area contributed by atoms with Crippen LogP contribution in [0.4, 0.5) is 14.5 Å². The van der Waals surface area contributed by atoms with Crippen molar-refractivity contribution >= 4 is 23.4 Å². The van der Waals surface area contributed by atoms with Gasteiger partial charge in [0, 0.05) is 16.9 Å². The molecule has 10 heteroatoms. The molecule has 0 saturated carbocycles. The Hall–Kier alpha value is -2.75. The van der Waals surface area contributed by atoms with Crippen LogP contribution in [-0.4, -0.2) is 26.3 Å². The Labute approximate surface area is 181 Å². The summed E-state index contributed by atoms with van der Waals surface area (Å²) in [6.07, 6.45) is 4.55. The molecule has 0 saturated heterocycles. The van der Waals surface area contributed by atoms with Crippen molar-refractivity contribution in [2.75, 3.05) is 5.75 Å². The topological polar surface area (TPSA) is 102 Å². The maximum atomic E-state index is 14.0. The van der Waals surface area contributed by atoms with E-state index in [1.165, 1.54) is 6.07 Å². The van der Waals surface area contributed by atoms with Crippen LogP contribution in [0.3, 0.4) is 0 Å². The molecule has 1 aromatic carbocycles. The van der Waals surface area contributed by atoms with Gasteiger partial charge in [-0.25, -0.2) is 13.6 Å². The highest BCUT2D eigenvalue weighted by Crippen LogP contribution is 2.44. The monoisotopic (exact) mass is 452 g/mol. The molecule has 7 nitrogen and oxygen atoms in total. The summed E-state index contributed by atoms with van der Waals surface area (Å²) in [5, 5.41) is 21.6. The van der Waals surface area contributed by atoms with E-state index in [9.17, 15) is 33.6 Å². The molecular weight excluding hydrogens is 430 g/mol. The Morgan fingerprint density at radius 1 is 1.26 bits per heavy atom. The lowest BCUT2D eigenvalue weighted by Gasteiger charge is -2.17. The summed E-state index contributed by atoms with van der Waals surface area (Å²) >= 11 is 1.08. The number of unbranched alkanes of at least 4 members (excludes halogenated alkanes) is 4. The van der Waals surface area contributed by atoms with Crippen molar-refractivity contribution in [3.63, 3.8) is 0 Å². The summed E-state index contributed by atoms with van der Waals surface area (Å²) in [5.41, 5.74) is -1.13. The quantitative estimate of drug-likeness (QED) is 0.328. The second kappa shape index (κ2) is 9.59. The third-order valence-electron chi connectivity index (χ3n) is 5.34. The van der Waals surface area contributed by atoms with Gasteiger partial charge < -0.3 is 5.11 Å². The minimum absolute atomic E-state index is 0.0123. The highest BCUT2D eigenvalue weighted by molar-refractivity contribution is 7.99. The highest BCUT2D eigenvalue weighted by Gasteiger charge is 2.38. The maximum Gasteiger partial charge on any atom is 0.337 e. The van der Waals surface area contributed by atoms with E-state index in [1.54, 1.807) is 0 Å². The summed E-state index contributed by atoms with van der Waals surface area (Å²) in [7, 11) is 0. The predicted molar refractivity (Wildman–Crippen MR) is 113 cm³/mol. The van der Waals surface area contributed by atoms with Gasteiger partial charge in [-0.3, -0.25) is 19.5 Å². The van der Waals surface area contributed by atoms with E-state index >= 15 is 0 Å². The summed E-state index contributed by atoms with van der Waals surface area (Å²) < 4.78 is 28.4. The standard InChI is InChI=1S/C21H22F2N2O5S/c1-2-3-4-5-6-7-13-17(12-8-9-14(22)15(23)10-12)20-24(16(11-31-20)21(27)28)19(26)18(13)25(29)30/h8-10,16H,2-7,11H2,1H3,(H,27,28). The fraction of sp³-hybridized carbons (Fsp3) is 0.429. The Kier molecular flexibility index (Phi) is 7.09. The van der Waals surface area contributed by atoms with E-state index in [1.807, 2.05) is 0 Å². The molecule has 0 spiro atoms. The summed E-state index contributed by atoms with van der Waals surface area (Å²) in [5.74, 6) is -3.47. The van der Waals surface area contributed by atoms with E-state index in [-0.39, 0.29) is 33.9 Å². The van der Waals surface area contributed by atoms with Crippen LogP contribution in [0.5, 0.6) is 0 Å². The summed E-state index contributed by atoms with van der Waals surface area (Å²) in [4.78, 5) is 35.7. The fourth-order valence-corrected chi connectivity index (χ4v) is 5.17. The van der Waals surface area contributed by atoms with Crippen LogP contribution in [0.2, 0.25) is 0 Å². The molecule has 1 aliphatic heterocycles. The number of aromatic nitrogens is 1. The van der Waals surface area contributed by atoms with Gasteiger partial charge in [0.1, 0.15) is 6.04 Å². The number of nitro groups is 1. The number of rotatable bonds is 9.